The van der Waals surface area contributed by atoms with Crippen LogP contribution in [0.5, 0.6) is 0 Å². The summed E-state index contributed by atoms with van der Waals surface area (Å²) in [5, 5.41) is 0. The first-order valence-corrected chi connectivity index (χ1v) is 3.79. The molecule has 0 atom stereocenters. The minimum Gasteiger partial charge on any atom is -0.0776 e. The molecule has 1 saturated carbocycles. The molecule has 1 fully saturated rings. The molecule has 0 bridgehead atoms. The Morgan fingerprint density at radius 3 is 1.80 bits per heavy atom. The van der Waals surface area contributed by atoms with E-state index >= 15 is 0 Å². The zero-order chi connectivity index (χ0) is 5.98. The van der Waals surface area contributed by atoms with Gasteiger partial charge in [0.25, 0.3) is 0 Å². The number of rotatable bonds is 2. The summed E-state index contributed by atoms with van der Waals surface area (Å²) >= 11 is 0. The van der Waals surface area contributed by atoms with Crippen LogP contribution in [0.1, 0.15) is 54.4 Å². The van der Waals surface area contributed by atoms with Gasteiger partial charge in [0.05, 0.1) is 0 Å². The van der Waals surface area contributed by atoms with Crippen molar-refractivity contribution in [2.24, 2.45) is 11.8 Å². The Morgan fingerprint density at radius 1 is 1.20 bits per heavy atom. The largest absolute Gasteiger partial charge is 0.0776 e. The Labute approximate surface area is 67.0 Å². The van der Waals surface area contributed by atoms with Gasteiger partial charge in [-0.1, -0.05) is 48.0 Å². The molecule has 0 heteroatoms. The van der Waals surface area contributed by atoms with Gasteiger partial charge in [-0.3, -0.25) is 0 Å². The molecule has 1 aliphatic rings. The summed E-state index contributed by atoms with van der Waals surface area (Å²) in [6.45, 7) is 4.64. The van der Waals surface area contributed by atoms with E-state index in [1.807, 2.05) is 0 Å². The molecule has 10 heavy (non-hydrogen) atoms. The normalized spacial score (nSPS) is 17.1. The van der Waals surface area contributed by atoms with Crippen LogP contribution in [0.3, 0.4) is 0 Å². The predicted octanol–water partition coefficient (Wildman–Crippen LogP) is 4.10. The SMILES string of the molecule is C.C.CC(C)CC1CCC1. The van der Waals surface area contributed by atoms with Crippen LogP contribution in [0.15, 0.2) is 0 Å². The van der Waals surface area contributed by atoms with Crippen molar-refractivity contribution in [2.75, 3.05) is 0 Å². The van der Waals surface area contributed by atoms with E-state index in [1.165, 1.54) is 25.7 Å². The minimum atomic E-state index is 0. The Balaban J connectivity index is 0. The average Bonchev–Trinajstić information content (AvgIpc) is 1.55. The summed E-state index contributed by atoms with van der Waals surface area (Å²) in [5.41, 5.74) is 0. The molecular formula is C10H24. The molecule has 0 aromatic heterocycles. The van der Waals surface area contributed by atoms with E-state index in [4.69, 9.17) is 0 Å². The van der Waals surface area contributed by atoms with Crippen LogP contribution in [0, 0.1) is 11.8 Å². The quantitative estimate of drug-likeness (QED) is 0.547. The molecule has 0 unspecified atom stereocenters. The van der Waals surface area contributed by atoms with E-state index in [-0.39, 0.29) is 14.9 Å². The van der Waals surface area contributed by atoms with Crippen molar-refractivity contribution in [3.05, 3.63) is 0 Å². The van der Waals surface area contributed by atoms with Crippen molar-refractivity contribution in [3.8, 4) is 0 Å². The molecule has 0 N–H and O–H groups in total. The van der Waals surface area contributed by atoms with E-state index in [2.05, 4.69) is 13.8 Å². The third-order valence-corrected chi connectivity index (χ3v) is 2.03. The first-order valence-electron chi connectivity index (χ1n) is 3.79. The average molecular weight is 144 g/mol. The van der Waals surface area contributed by atoms with Gasteiger partial charge in [-0.05, 0) is 18.3 Å². The van der Waals surface area contributed by atoms with Crippen LogP contribution in [-0.4, -0.2) is 0 Å². The predicted molar refractivity (Wildman–Crippen MR) is 50.3 cm³/mol. The van der Waals surface area contributed by atoms with Crippen molar-refractivity contribution in [1.29, 1.82) is 0 Å². The Bertz CT molecular complexity index is 60.4. The zero-order valence-electron chi connectivity index (χ0n) is 5.98. The topological polar surface area (TPSA) is 0 Å². The maximum Gasteiger partial charge on any atom is -0.0412 e. The van der Waals surface area contributed by atoms with Crippen LogP contribution in [0.4, 0.5) is 0 Å². The molecule has 0 aromatic rings. The molecule has 1 aliphatic carbocycles. The molecule has 0 heterocycles. The van der Waals surface area contributed by atoms with Gasteiger partial charge in [0.1, 0.15) is 0 Å². The third-order valence-electron chi connectivity index (χ3n) is 2.03. The van der Waals surface area contributed by atoms with Gasteiger partial charge in [-0.15, -0.1) is 0 Å². The molecule has 0 amide bonds. The van der Waals surface area contributed by atoms with Crippen molar-refractivity contribution in [3.63, 3.8) is 0 Å². The number of hydrogen-bond donors (Lipinski definition) is 0. The summed E-state index contributed by atoms with van der Waals surface area (Å²) < 4.78 is 0. The third kappa shape index (κ3) is 3.92. The second-order valence-electron chi connectivity index (χ2n) is 3.43. The van der Waals surface area contributed by atoms with E-state index in [1.54, 1.807) is 0 Å². The summed E-state index contributed by atoms with van der Waals surface area (Å²) in [6, 6.07) is 0. The molecule has 1 rings (SSSR count). The first kappa shape index (κ1) is 12.7. The standard InChI is InChI=1S/C8H16.2CH4/c1-7(2)6-8-4-3-5-8;;/h7-8H,3-6H2,1-2H3;2*1H4. The van der Waals surface area contributed by atoms with Crippen LogP contribution in [0.2, 0.25) is 0 Å². The summed E-state index contributed by atoms with van der Waals surface area (Å²) in [6.07, 6.45) is 5.99. The van der Waals surface area contributed by atoms with E-state index in [9.17, 15) is 0 Å². The fourth-order valence-electron chi connectivity index (χ4n) is 1.40. The molecule has 0 nitrogen and oxygen atoms in total. The highest BCUT2D eigenvalue weighted by Gasteiger charge is 2.17. The summed E-state index contributed by atoms with van der Waals surface area (Å²) in [4.78, 5) is 0. The van der Waals surface area contributed by atoms with Crippen LogP contribution in [0.25, 0.3) is 0 Å². The van der Waals surface area contributed by atoms with E-state index < -0.39 is 0 Å². The lowest BCUT2D eigenvalue weighted by Crippen LogP contribution is -2.12. The highest BCUT2D eigenvalue weighted by Crippen LogP contribution is 2.31. The zero-order valence-corrected chi connectivity index (χ0v) is 5.98. The monoisotopic (exact) mass is 144 g/mol. The summed E-state index contributed by atoms with van der Waals surface area (Å²) in [7, 11) is 0. The van der Waals surface area contributed by atoms with E-state index in [0.29, 0.717) is 0 Å². The fourth-order valence-corrected chi connectivity index (χ4v) is 1.40. The highest BCUT2D eigenvalue weighted by molar-refractivity contribution is 4.70. The van der Waals surface area contributed by atoms with Crippen molar-refractivity contribution < 1.29 is 0 Å². The molecule has 0 aromatic carbocycles. The molecule has 0 aliphatic heterocycles. The molecule has 0 spiro atoms. The Kier molecular flexibility index (Phi) is 7.29. The van der Waals surface area contributed by atoms with Gasteiger partial charge in [0.2, 0.25) is 0 Å². The smallest absolute Gasteiger partial charge is 0.0412 e. The second kappa shape index (κ2) is 5.76. The van der Waals surface area contributed by atoms with Crippen LogP contribution < -0.4 is 0 Å². The molecule has 0 radical (unpaired) electrons. The van der Waals surface area contributed by atoms with Crippen molar-refractivity contribution in [1.82, 2.24) is 0 Å². The van der Waals surface area contributed by atoms with Crippen LogP contribution >= 0.6 is 0 Å². The molecule has 0 saturated heterocycles. The van der Waals surface area contributed by atoms with Gasteiger partial charge in [-0.2, -0.15) is 0 Å². The Morgan fingerprint density at radius 2 is 1.70 bits per heavy atom. The Hall–Kier alpha value is 0. The lowest BCUT2D eigenvalue weighted by molar-refractivity contribution is 0.264. The fraction of sp³-hybridized carbons (Fsp3) is 1.00. The van der Waals surface area contributed by atoms with Gasteiger partial charge < -0.3 is 0 Å². The van der Waals surface area contributed by atoms with Crippen LogP contribution in [-0.2, 0) is 0 Å². The molecule has 64 valence electrons. The first-order chi connectivity index (χ1) is 3.79. The van der Waals surface area contributed by atoms with E-state index in [0.717, 1.165) is 11.8 Å². The highest BCUT2D eigenvalue weighted by atomic mass is 14.2. The molecular weight excluding hydrogens is 120 g/mol. The van der Waals surface area contributed by atoms with Gasteiger partial charge in [0, 0.05) is 0 Å². The maximum absolute atomic E-state index is 2.32. The lowest BCUT2D eigenvalue weighted by Gasteiger charge is -2.26. The summed E-state index contributed by atoms with van der Waals surface area (Å²) in [5.74, 6) is 2.04. The minimum absolute atomic E-state index is 0. The van der Waals surface area contributed by atoms with Crippen molar-refractivity contribution >= 4 is 0 Å². The van der Waals surface area contributed by atoms with Gasteiger partial charge in [0.15, 0.2) is 0 Å². The maximum atomic E-state index is 2.32. The lowest BCUT2D eigenvalue weighted by atomic mass is 9.80. The van der Waals surface area contributed by atoms with Gasteiger partial charge >= 0.3 is 0 Å². The second-order valence-corrected chi connectivity index (χ2v) is 3.43. The van der Waals surface area contributed by atoms with Crippen molar-refractivity contribution in [2.45, 2.75) is 54.4 Å². The van der Waals surface area contributed by atoms with Gasteiger partial charge in [-0.25, -0.2) is 0 Å². The number of hydrogen-bond acceptors (Lipinski definition) is 0.